The summed E-state index contributed by atoms with van der Waals surface area (Å²) in [5.41, 5.74) is 1.20. The summed E-state index contributed by atoms with van der Waals surface area (Å²) in [5, 5.41) is 2.82. The van der Waals surface area contributed by atoms with Crippen LogP contribution in [0.15, 0.2) is 48.5 Å². The van der Waals surface area contributed by atoms with Gasteiger partial charge in [0.1, 0.15) is 11.5 Å². The van der Waals surface area contributed by atoms with Gasteiger partial charge in [-0.25, -0.2) is 0 Å². The molecule has 2 rings (SSSR count). The third-order valence-corrected chi connectivity index (χ3v) is 3.69. The summed E-state index contributed by atoms with van der Waals surface area (Å²) in [6, 6.07) is 14.3. The third-order valence-electron chi connectivity index (χ3n) is 3.69. The molecule has 1 amide bonds. The van der Waals surface area contributed by atoms with Gasteiger partial charge in [-0.1, -0.05) is 19.1 Å². The number of ketones is 1. The summed E-state index contributed by atoms with van der Waals surface area (Å²) in [5.74, 6) is 1.08. The predicted molar refractivity (Wildman–Crippen MR) is 102 cm³/mol. The molecule has 138 valence electrons. The molecule has 26 heavy (non-hydrogen) atoms. The lowest BCUT2D eigenvalue weighted by atomic mass is 10.1. The highest BCUT2D eigenvalue weighted by atomic mass is 16.5. The zero-order chi connectivity index (χ0) is 18.8. The quantitative estimate of drug-likeness (QED) is 0.638. The molecule has 2 aromatic rings. The van der Waals surface area contributed by atoms with Crippen molar-refractivity contribution in [2.75, 3.05) is 18.5 Å². The van der Waals surface area contributed by atoms with Crippen LogP contribution in [-0.4, -0.2) is 24.9 Å². The van der Waals surface area contributed by atoms with Crippen LogP contribution >= 0.6 is 0 Å². The van der Waals surface area contributed by atoms with Crippen molar-refractivity contribution in [1.29, 1.82) is 0 Å². The van der Waals surface area contributed by atoms with E-state index in [-0.39, 0.29) is 24.5 Å². The Labute approximate surface area is 154 Å². The van der Waals surface area contributed by atoms with Crippen LogP contribution in [-0.2, 0) is 4.79 Å². The number of carbonyl (C=O) groups excluding carboxylic acids is 2. The van der Waals surface area contributed by atoms with Gasteiger partial charge in [0, 0.05) is 18.4 Å². The van der Waals surface area contributed by atoms with Crippen LogP contribution in [0.5, 0.6) is 11.5 Å². The molecule has 0 bridgehead atoms. The molecule has 0 unspecified atom stereocenters. The third kappa shape index (κ3) is 5.92. The van der Waals surface area contributed by atoms with Gasteiger partial charge >= 0.3 is 0 Å². The van der Waals surface area contributed by atoms with E-state index >= 15 is 0 Å². The smallest absolute Gasteiger partial charge is 0.224 e. The minimum absolute atomic E-state index is 0.0706. The van der Waals surface area contributed by atoms with Crippen LogP contribution < -0.4 is 14.8 Å². The van der Waals surface area contributed by atoms with Crippen molar-refractivity contribution in [2.45, 2.75) is 33.1 Å². The summed E-state index contributed by atoms with van der Waals surface area (Å²) in [4.78, 5) is 24.4. The first-order valence-corrected chi connectivity index (χ1v) is 8.91. The second-order valence-electron chi connectivity index (χ2n) is 5.77. The van der Waals surface area contributed by atoms with Gasteiger partial charge in [-0.05, 0) is 49.7 Å². The Kier molecular flexibility index (Phi) is 7.68. The summed E-state index contributed by atoms with van der Waals surface area (Å²) < 4.78 is 11.0. The molecule has 0 saturated heterocycles. The highest BCUT2D eigenvalue weighted by molar-refractivity contribution is 6.00. The van der Waals surface area contributed by atoms with E-state index in [9.17, 15) is 9.59 Å². The number of nitrogens with one attached hydrogen (secondary N) is 1. The van der Waals surface area contributed by atoms with Crippen LogP contribution in [0.3, 0.4) is 0 Å². The number of ether oxygens (including phenoxy) is 2. The lowest BCUT2D eigenvalue weighted by Crippen LogP contribution is -2.14. The molecule has 5 nitrogen and oxygen atoms in total. The van der Waals surface area contributed by atoms with E-state index in [0.717, 1.165) is 12.2 Å². The van der Waals surface area contributed by atoms with Gasteiger partial charge in [-0.3, -0.25) is 9.59 Å². The molecule has 0 heterocycles. The monoisotopic (exact) mass is 355 g/mol. The zero-order valence-electron chi connectivity index (χ0n) is 15.3. The van der Waals surface area contributed by atoms with E-state index in [1.165, 1.54) is 0 Å². The van der Waals surface area contributed by atoms with Crippen molar-refractivity contribution in [3.05, 3.63) is 54.1 Å². The second-order valence-corrected chi connectivity index (χ2v) is 5.77. The average Bonchev–Trinajstić information content (AvgIpc) is 2.66. The molecular formula is C21H25NO4. The molecule has 0 saturated carbocycles. The Morgan fingerprint density at radius 1 is 0.923 bits per heavy atom. The minimum Gasteiger partial charge on any atom is -0.494 e. The van der Waals surface area contributed by atoms with E-state index < -0.39 is 0 Å². The summed E-state index contributed by atoms with van der Waals surface area (Å²) in [6.45, 7) is 5.09. The van der Waals surface area contributed by atoms with E-state index in [1.54, 1.807) is 30.3 Å². The highest BCUT2D eigenvalue weighted by Gasteiger charge is 2.11. The number of benzene rings is 2. The lowest BCUT2D eigenvalue weighted by Gasteiger charge is -2.11. The summed E-state index contributed by atoms with van der Waals surface area (Å²) in [7, 11) is 0. The number of hydrogen-bond acceptors (Lipinski definition) is 4. The molecule has 0 aliphatic carbocycles. The molecule has 2 aromatic carbocycles. The van der Waals surface area contributed by atoms with Gasteiger partial charge < -0.3 is 14.8 Å². The van der Waals surface area contributed by atoms with Crippen molar-refractivity contribution in [3.8, 4) is 11.5 Å². The number of amides is 1. The maximum Gasteiger partial charge on any atom is 0.224 e. The summed E-state index contributed by atoms with van der Waals surface area (Å²) >= 11 is 0. The molecule has 5 heteroatoms. The van der Waals surface area contributed by atoms with E-state index in [4.69, 9.17) is 9.47 Å². The van der Waals surface area contributed by atoms with Gasteiger partial charge in [-0.15, -0.1) is 0 Å². The van der Waals surface area contributed by atoms with Crippen LogP contribution in [0, 0.1) is 0 Å². The largest absolute Gasteiger partial charge is 0.494 e. The Hall–Kier alpha value is -2.82. The second kappa shape index (κ2) is 10.2. The van der Waals surface area contributed by atoms with Crippen molar-refractivity contribution in [2.24, 2.45) is 0 Å². The van der Waals surface area contributed by atoms with Gasteiger partial charge in [0.05, 0.1) is 18.9 Å². The number of rotatable bonds is 10. The lowest BCUT2D eigenvalue weighted by molar-refractivity contribution is -0.116. The molecule has 0 aliphatic heterocycles. The number of Topliss-reactive ketones (excluding diaryl/α,β-unsaturated/α-hetero) is 1. The number of para-hydroxylation sites is 2. The Bertz CT molecular complexity index is 725. The fourth-order valence-corrected chi connectivity index (χ4v) is 2.40. The number of carbonyl (C=O) groups is 2. The zero-order valence-corrected chi connectivity index (χ0v) is 15.3. The predicted octanol–water partition coefficient (Wildman–Crippen LogP) is 4.48. The van der Waals surface area contributed by atoms with Crippen LogP contribution in [0.2, 0.25) is 0 Å². The molecule has 1 N–H and O–H groups in total. The van der Waals surface area contributed by atoms with E-state index in [1.807, 2.05) is 32.0 Å². The fraction of sp³-hybridized carbons (Fsp3) is 0.333. The summed E-state index contributed by atoms with van der Waals surface area (Å²) in [6.07, 6.45) is 1.16. The highest BCUT2D eigenvalue weighted by Crippen LogP contribution is 2.24. The maximum absolute atomic E-state index is 12.2. The average molecular weight is 355 g/mol. The van der Waals surface area contributed by atoms with Gasteiger partial charge in [0.25, 0.3) is 0 Å². The van der Waals surface area contributed by atoms with Crippen molar-refractivity contribution in [3.63, 3.8) is 0 Å². The Balaban J connectivity index is 1.87. The molecule has 0 spiro atoms. The van der Waals surface area contributed by atoms with Gasteiger partial charge in [-0.2, -0.15) is 0 Å². The molecule has 0 atom stereocenters. The maximum atomic E-state index is 12.2. The molecular weight excluding hydrogens is 330 g/mol. The molecule has 0 radical (unpaired) electrons. The van der Waals surface area contributed by atoms with Gasteiger partial charge in [0.2, 0.25) is 5.91 Å². The fourth-order valence-electron chi connectivity index (χ4n) is 2.40. The normalized spacial score (nSPS) is 10.2. The molecule has 0 aromatic heterocycles. The first kappa shape index (κ1) is 19.5. The Morgan fingerprint density at radius 3 is 2.35 bits per heavy atom. The van der Waals surface area contributed by atoms with Crippen molar-refractivity contribution in [1.82, 2.24) is 0 Å². The van der Waals surface area contributed by atoms with Crippen LogP contribution in [0.4, 0.5) is 5.69 Å². The van der Waals surface area contributed by atoms with Crippen LogP contribution in [0.1, 0.15) is 43.5 Å². The SMILES string of the molecule is CCCOc1ccccc1NC(=O)CCC(=O)c1ccc(OCC)cc1. The van der Waals surface area contributed by atoms with Crippen molar-refractivity contribution >= 4 is 17.4 Å². The Morgan fingerprint density at radius 2 is 1.65 bits per heavy atom. The number of anilines is 1. The topological polar surface area (TPSA) is 64.6 Å². The number of hydrogen-bond donors (Lipinski definition) is 1. The van der Waals surface area contributed by atoms with E-state index in [2.05, 4.69) is 5.32 Å². The van der Waals surface area contributed by atoms with Crippen molar-refractivity contribution < 1.29 is 19.1 Å². The molecule has 0 fully saturated rings. The van der Waals surface area contributed by atoms with Crippen LogP contribution in [0.25, 0.3) is 0 Å². The first-order chi connectivity index (χ1) is 12.6. The minimum atomic E-state index is -0.211. The van der Waals surface area contributed by atoms with E-state index in [0.29, 0.717) is 30.2 Å². The van der Waals surface area contributed by atoms with Gasteiger partial charge in [0.15, 0.2) is 5.78 Å². The molecule has 0 aliphatic rings. The first-order valence-electron chi connectivity index (χ1n) is 8.91. The standard InChI is InChI=1S/C21H25NO4/c1-3-15-26-20-8-6-5-7-18(20)22-21(24)14-13-19(23)16-9-11-17(12-10-16)25-4-2/h5-12H,3-4,13-15H2,1-2H3,(H,22,24).